The molecule has 96 valence electrons. The van der Waals surface area contributed by atoms with Gasteiger partial charge < -0.3 is 4.74 Å². The van der Waals surface area contributed by atoms with E-state index in [0.717, 1.165) is 16.9 Å². The van der Waals surface area contributed by atoms with Crippen LogP contribution in [0.1, 0.15) is 27.6 Å². The van der Waals surface area contributed by atoms with Crippen molar-refractivity contribution in [1.82, 2.24) is 5.43 Å². The lowest BCUT2D eigenvalue weighted by molar-refractivity contribution is 0.410. The van der Waals surface area contributed by atoms with Gasteiger partial charge in [-0.3, -0.25) is 5.84 Å². The Balaban J connectivity index is 2.42. The fourth-order valence-electron chi connectivity index (χ4n) is 2.08. The van der Waals surface area contributed by atoms with Gasteiger partial charge in [0.2, 0.25) is 0 Å². The molecule has 1 atom stereocenters. The number of aryl methyl sites for hydroxylation is 2. The van der Waals surface area contributed by atoms with Crippen molar-refractivity contribution in [3.8, 4) is 5.75 Å². The summed E-state index contributed by atoms with van der Waals surface area (Å²) < 4.78 is 5.36. The molecule has 0 radical (unpaired) electrons. The highest BCUT2D eigenvalue weighted by Crippen LogP contribution is 2.30. The molecule has 2 aromatic rings. The van der Waals surface area contributed by atoms with Gasteiger partial charge in [0, 0.05) is 4.88 Å². The van der Waals surface area contributed by atoms with Crippen molar-refractivity contribution < 1.29 is 4.74 Å². The Morgan fingerprint density at radius 2 is 2.06 bits per heavy atom. The molecule has 3 nitrogen and oxygen atoms in total. The highest BCUT2D eigenvalue weighted by molar-refractivity contribution is 7.10. The standard InChI is InChI=1S/C14H18N2OS/c1-9-4-5-11(8-13(9)17-3)14(16-15)12-6-7-18-10(12)2/h4-8,14,16H,15H2,1-3H3. The van der Waals surface area contributed by atoms with E-state index >= 15 is 0 Å². The first kappa shape index (κ1) is 13.1. The van der Waals surface area contributed by atoms with E-state index in [1.165, 1.54) is 10.4 Å². The summed E-state index contributed by atoms with van der Waals surface area (Å²) in [4.78, 5) is 1.28. The van der Waals surface area contributed by atoms with Gasteiger partial charge in [0.1, 0.15) is 5.75 Å². The quantitative estimate of drug-likeness (QED) is 0.658. The largest absolute Gasteiger partial charge is 0.496 e. The monoisotopic (exact) mass is 262 g/mol. The van der Waals surface area contributed by atoms with E-state index in [2.05, 4.69) is 35.9 Å². The first-order chi connectivity index (χ1) is 8.67. The van der Waals surface area contributed by atoms with Gasteiger partial charge in [-0.2, -0.15) is 0 Å². The van der Waals surface area contributed by atoms with E-state index in [1.54, 1.807) is 18.4 Å². The normalized spacial score (nSPS) is 12.4. The molecule has 0 aliphatic heterocycles. The molecule has 2 rings (SSSR count). The van der Waals surface area contributed by atoms with E-state index in [9.17, 15) is 0 Å². The number of hydrazine groups is 1. The Morgan fingerprint density at radius 1 is 1.28 bits per heavy atom. The first-order valence-corrected chi connectivity index (χ1v) is 6.70. The summed E-state index contributed by atoms with van der Waals surface area (Å²) in [5.74, 6) is 6.60. The van der Waals surface area contributed by atoms with Crippen molar-refractivity contribution in [3.63, 3.8) is 0 Å². The minimum Gasteiger partial charge on any atom is -0.496 e. The van der Waals surface area contributed by atoms with Crippen molar-refractivity contribution >= 4 is 11.3 Å². The summed E-state index contributed by atoms with van der Waals surface area (Å²) in [6, 6.07) is 8.29. The third kappa shape index (κ3) is 2.41. The average molecular weight is 262 g/mol. The maximum atomic E-state index is 5.71. The molecule has 0 aliphatic carbocycles. The Hall–Kier alpha value is -1.36. The summed E-state index contributed by atoms with van der Waals surface area (Å²) in [7, 11) is 1.69. The number of nitrogens with one attached hydrogen (secondary N) is 1. The van der Waals surface area contributed by atoms with Crippen LogP contribution in [0.15, 0.2) is 29.6 Å². The van der Waals surface area contributed by atoms with Gasteiger partial charge >= 0.3 is 0 Å². The van der Waals surface area contributed by atoms with E-state index in [4.69, 9.17) is 10.6 Å². The van der Waals surface area contributed by atoms with Crippen LogP contribution in [0, 0.1) is 13.8 Å². The smallest absolute Gasteiger partial charge is 0.122 e. The first-order valence-electron chi connectivity index (χ1n) is 5.82. The predicted molar refractivity (Wildman–Crippen MR) is 76.0 cm³/mol. The molecule has 3 N–H and O–H groups in total. The molecule has 0 saturated carbocycles. The zero-order valence-corrected chi connectivity index (χ0v) is 11.7. The molecule has 18 heavy (non-hydrogen) atoms. The van der Waals surface area contributed by atoms with Crippen LogP contribution in [0.25, 0.3) is 0 Å². The SMILES string of the molecule is COc1cc(C(NN)c2ccsc2C)ccc1C. The van der Waals surface area contributed by atoms with E-state index in [0.29, 0.717) is 0 Å². The van der Waals surface area contributed by atoms with Gasteiger partial charge in [-0.25, -0.2) is 5.43 Å². The lowest BCUT2D eigenvalue weighted by Crippen LogP contribution is -2.29. The molecule has 0 saturated heterocycles. The van der Waals surface area contributed by atoms with Crippen molar-refractivity contribution in [2.24, 2.45) is 5.84 Å². The maximum Gasteiger partial charge on any atom is 0.122 e. The summed E-state index contributed by atoms with van der Waals surface area (Å²) in [6.07, 6.45) is 0. The molecule has 1 unspecified atom stereocenters. The summed E-state index contributed by atoms with van der Waals surface area (Å²) in [6.45, 7) is 4.14. The van der Waals surface area contributed by atoms with Crippen LogP contribution in [-0.4, -0.2) is 7.11 Å². The molecule has 0 amide bonds. The number of thiophene rings is 1. The Morgan fingerprint density at radius 3 is 2.61 bits per heavy atom. The Kier molecular flexibility index (Phi) is 4.01. The second kappa shape index (κ2) is 5.52. The second-order valence-electron chi connectivity index (χ2n) is 4.26. The number of benzene rings is 1. The van der Waals surface area contributed by atoms with Crippen LogP contribution in [0.3, 0.4) is 0 Å². The Labute approximate surface area is 112 Å². The predicted octanol–water partition coefficient (Wildman–Crippen LogP) is 2.93. The molecule has 0 aliphatic rings. The Bertz CT molecular complexity index is 536. The van der Waals surface area contributed by atoms with Gasteiger partial charge in [-0.1, -0.05) is 12.1 Å². The molecule has 1 aromatic carbocycles. The number of nitrogens with two attached hydrogens (primary N) is 1. The highest BCUT2D eigenvalue weighted by atomic mass is 32.1. The third-order valence-electron chi connectivity index (χ3n) is 3.14. The molecule has 1 aromatic heterocycles. The van der Waals surface area contributed by atoms with Crippen LogP contribution in [0.2, 0.25) is 0 Å². The topological polar surface area (TPSA) is 47.3 Å². The number of methoxy groups -OCH3 is 1. The fraction of sp³-hybridized carbons (Fsp3) is 0.286. The summed E-state index contributed by atoms with van der Waals surface area (Å²) in [5.41, 5.74) is 6.34. The number of hydrogen-bond donors (Lipinski definition) is 2. The van der Waals surface area contributed by atoms with E-state index in [1.807, 2.05) is 13.0 Å². The maximum absolute atomic E-state index is 5.71. The van der Waals surface area contributed by atoms with Crippen molar-refractivity contribution in [3.05, 3.63) is 51.2 Å². The zero-order chi connectivity index (χ0) is 13.1. The van der Waals surface area contributed by atoms with Gasteiger partial charge in [0.25, 0.3) is 0 Å². The lowest BCUT2D eigenvalue weighted by Gasteiger charge is -2.18. The minimum absolute atomic E-state index is 0.00532. The van der Waals surface area contributed by atoms with Crippen LogP contribution in [-0.2, 0) is 0 Å². The van der Waals surface area contributed by atoms with Crippen molar-refractivity contribution in [2.75, 3.05) is 7.11 Å². The summed E-state index contributed by atoms with van der Waals surface area (Å²) in [5, 5.41) is 2.08. The number of ether oxygens (including phenoxy) is 1. The minimum atomic E-state index is 0.00532. The van der Waals surface area contributed by atoms with Crippen LogP contribution in [0.4, 0.5) is 0 Å². The van der Waals surface area contributed by atoms with Crippen molar-refractivity contribution in [1.29, 1.82) is 0 Å². The number of hydrogen-bond acceptors (Lipinski definition) is 4. The molecular formula is C14H18N2OS. The van der Waals surface area contributed by atoms with Crippen LogP contribution >= 0.6 is 11.3 Å². The lowest BCUT2D eigenvalue weighted by atomic mass is 9.98. The molecule has 4 heteroatoms. The molecule has 1 heterocycles. The second-order valence-corrected chi connectivity index (χ2v) is 5.38. The van der Waals surface area contributed by atoms with Crippen molar-refractivity contribution in [2.45, 2.75) is 19.9 Å². The molecular weight excluding hydrogens is 244 g/mol. The highest BCUT2D eigenvalue weighted by Gasteiger charge is 2.16. The van der Waals surface area contributed by atoms with Crippen LogP contribution < -0.4 is 16.0 Å². The summed E-state index contributed by atoms with van der Waals surface area (Å²) >= 11 is 1.73. The van der Waals surface area contributed by atoms with Crippen LogP contribution in [0.5, 0.6) is 5.75 Å². The molecule has 0 bridgehead atoms. The zero-order valence-electron chi connectivity index (χ0n) is 10.9. The fourth-order valence-corrected chi connectivity index (χ4v) is 2.82. The molecule has 0 spiro atoms. The van der Waals surface area contributed by atoms with Gasteiger partial charge in [0.15, 0.2) is 0 Å². The van der Waals surface area contributed by atoms with E-state index in [-0.39, 0.29) is 6.04 Å². The number of rotatable bonds is 4. The van der Waals surface area contributed by atoms with Gasteiger partial charge in [0.05, 0.1) is 13.2 Å². The van der Waals surface area contributed by atoms with E-state index < -0.39 is 0 Å². The average Bonchev–Trinajstić information content (AvgIpc) is 2.79. The van der Waals surface area contributed by atoms with Gasteiger partial charge in [-0.05, 0) is 48.1 Å². The molecule has 0 fully saturated rings. The third-order valence-corrected chi connectivity index (χ3v) is 4.00. The van der Waals surface area contributed by atoms with Gasteiger partial charge in [-0.15, -0.1) is 11.3 Å².